The number of nitrogens with zero attached hydrogens (tertiary/aromatic N) is 1. The number of anilines is 1. The van der Waals surface area contributed by atoms with Gasteiger partial charge in [-0.1, -0.05) is 23.2 Å². The molecule has 1 fully saturated rings. The summed E-state index contributed by atoms with van der Waals surface area (Å²) in [6, 6.07) is 3.30. The van der Waals surface area contributed by atoms with Crippen LogP contribution < -0.4 is 4.90 Å². The predicted molar refractivity (Wildman–Crippen MR) is 81.3 cm³/mol. The largest absolute Gasteiger partial charge is 0.312 e. The smallest absolute Gasteiger partial charge is 0.232 e. The lowest BCUT2D eigenvalue weighted by molar-refractivity contribution is -0.117. The number of hydrogen-bond acceptors (Lipinski definition) is 3. The Morgan fingerprint density at radius 1 is 1.30 bits per heavy atom. The van der Waals surface area contributed by atoms with Crippen LogP contribution in [-0.2, 0) is 13.8 Å². The third-order valence-corrected chi connectivity index (χ3v) is 5.25. The fourth-order valence-corrected chi connectivity index (χ4v) is 4.01. The van der Waals surface area contributed by atoms with Crippen molar-refractivity contribution < 1.29 is 13.2 Å². The minimum Gasteiger partial charge on any atom is -0.312 e. The molecular formula is C12H12Cl3NO3S. The van der Waals surface area contributed by atoms with Gasteiger partial charge in [-0.25, -0.2) is 8.42 Å². The average Bonchev–Trinajstić information content (AvgIpc) is 2.63. The third-order valence-electron chi connectivity index (χ3n) is 3.22. The van der Waals surface area contributed by atoms with Gasteiger partial charge >= 0.3 is 0 Å². The number of benzene rings is 1. The molecule has 110 valence electrons. The molecule has 0 aromatic heterocycles. The van der Waals surface area contributed by atoms with Crippen LogP contribution in [0.15, 0.2) is 12.1 Å². The summed E-state index contributed by atoms with van der Waals surface area (Å²) >= 11 is 12.1. The molecule has 1 atom stereocenters. The standard InChI is InChI=1S/C12H12Cl3NO3S/c1-7-10(13)3-9(4-11(7)14)16-5-8(2-12(16)17)6-20(15,18)19/h3-4,8H,2,5-6H2,1H3. The van der Waals surface area contributed by atoms with Crippen LogP contribution in [0, 0.1) is 12.8 Å². The van der Waals surface area contributed by atoms with Crippen LogP contribution in [0.5, 0.6) is 0 Å². The van der Waals surface area contributed by atoms with Gasteiger partial charge < -0.3 is 4.90 Å². The van der Waals surface area contributed by atoms with E-state index in [-0.39, 0.29) is 24.0 Å². The number of rotatable bonds is 3. The molecule has 0 aliphatic carbocycles. The summed E-state index contributed by atoms with van der Waals surface area (Å²) in [5.41, 5.74) is 1.31. The summed E-state index contributed by atoms with van der Waals surface area (Å²) in [5, 5.41) is 0.933. The molecule has 2 rings (SSSR count). The Bertz CT molecular complexity index is 637. The van der Waals surface area contributed by atoms with Gasteiger partial charge in [-0.2, -0.15) is 0 Å². The highest BCUT2D eigenvalue weighted by Gasteiger charge is 2.33. The molecule has 1 aliphatic heterocycles. The first-order chi connectivity index (χ1) is 9.17. The number of halogens is 3. The molecule has 8 heteroatoms. The van der Waals surface area contributed by atoms with Gasteiger partial charge in [0.2, 0.25) is 15.0 Å². The van der Waals surface area contributed by atoms with Crippen LogP contribution in [0.25, 0.3) is 0 Å². The van der Waals surface area contributed by atoms with Gasteiger partial charge in [-0.05, 0) is 24.6 Å². The van der Waals surface area contributed by atoms with Gasteiger partial charge in [0.1, 0.15) is 0 Å². The zero-order valence-electron chi connectivity index (χ0n) is 10.6. The summed E-state index contributed by atoms with van der Waals surface area (Å²) < 4.78 is 22.2. The van der Waals surface area contributed by atoms with Gasteiger partial charge in [0, 0.05) is 45.3 Å². The van der Waals surface area contributed by atoms with Crippen molar-refractivity contribution in [3.63, 3.8) is 0 Å². The van der Waals surface area contributed by atoms with Gasteiger partial charge in [-0.15, -0.1) is 0 Å². The highest BCUT2D eigenvalue weighted by Crippen LogP contribution is 2.33. The van der Waals surface area contributed by atoms with Crippen LogP contribution >= 0.6 is 33.9 Å². The first-order valence-corrected chi connectivity index (χ1v) is 9.09. The number of amides is 1. The lowest BCUT2D eigenvalue weighted by atomic mass is 10.1. The second-order valence-electron chi connectivity index (χ2n) is 4.81. The summed E-state index contributed by atoms with van der Waals surface area (Å²) in [6.07, 6.45) is 0.148. The maximum atomic E-state index is 12.0. The van der Waals surface area contributed by atoms with E-state index < -0.39 is 9.05 Å². The first-order valence-electron chi connectivity index (χ1n) is 5.85. The highest BCUT2D eigenvalue weighted by molar-refractivity contribution is 8.13. The molecule has 0 radical (unpaired) electrons. The van der Waals surface area contributed by atoms with E-state index in [1.54, 1.807) is 19.1 Å². The molecule has 1 aliphatic rings. The van der Waals surface area contributed by atoms with E-state index in [0.29, 0.717) is 22.3 Å². The second-order valence-corrected chi connectivity index (χ2v) is 8.45. The highest BCUT2D eigenvalue weighted by atomic mass is 35.7. The number of carbonyl (C=O) groups is 1. The van der Waals surface area contributed by atoms with Crippen LogP contribution in [0.4, 0.5) is 5.69 Å². The number of carbonyl (C=O) groups excluding carboxylic acids is 1. The molecule has 0 bridgehead atoms. The Morgan fingerprint density at radius 3 is 2.35 bits per heavy atom. The Hall–Kier alpha value is -0.490. The summed E-state index contributed by atoms with van der Waals surface area (Å²) in [4.78, 5) is 13.5. The van der Waals surface area contributed by atoms with E-state index in [0.717, 1.165) is 5.56 Å². The zero-order valence-corrected chi connectivity index (χ0v) is 13.7. The Kier molecular flexibility index (Phi) is 4.54. The molecule has 0 saturated carbocycles. The molecule has 1 aromatic carbocycles. The Morgan fingerprint density at radius 2 is 1.85 bits per heavy atom. The first kappa shape index (κ1) is 15.9. The number of hydrogen-bond donors (Lipinski definition) is 0. The Balaban J connectivity index is 2.24. The molecular weight excluding hydrogens is 345 g/mol. The van der Waals surface area contributed by atoms with Crippen LogP contribution in [0.2, 0.25) is 10.0 Å². The minimum atomic E-state index is -3.62. The molecule has 1 unspecified atom stereocenters. The zero-order chi connectivity index (χ0) is 15.1. The molecule has 1 aromatic rings. The van der Waals surface area contributed by atoms with Crippen molar-refractivity contribution in [3.8, 4) is 0 Å². The molecule has 1 saturated heterocycles. The van der Waals surface area contributed by atoms with Gasteiger partial charge in [-0.3, -0.25) is 4.79 Å². The van der Waals surface area contributed by atoms with E-state index in [1.807, 2.05) is 0 Å². The van der Waals surface area contributed by atoms with E-state index >= 15 is 0 Å². The van der Waals surface area contributed by atoms with Gasteiger partial charge in [0.15, 0.2) is 0 Å². The molecule has 4 nitrogen and oxygen atoms in total. The van der Waals surface area contributed by atoms with Crippen molar-refractivity contribution in [3.05, 3.63) is 27.7 Å². The molecule has 1 amide bonds. The fourth-order valence-electron chi connectivity index (χ4n) is 2.21. The average molecular weight is 357 g/mol. The van der Waals surface area contributed by atoms with E-state index in [1.165, 1.54) is 4.90 Å². The monoisotopic (exact) mass is 355 g/mol. The van der Waals surface area contributed by atoms with Crippen LogP contribution in [-0.4, -0.2) is 26.6 Å². The van der Waals surface area contributed by atoms with E-state index in [4.69, 9.17) is 33.9 Å². The summed E-state index contributed by atoms with van der Waals surface area (Å²) in [6.45, 7) is 2.07. The third kappa shape index (κ3) is 3.58. The maximum Gasteiger partial charge on any atom is 0.232 e. The quantitative estimate of drug-likeness (QED) is 0.781. The molecule has 1 heterocycles. The SMILES string of the molecule is Cc1c(Cl)cc(N2CC(CS(=O)(=O)Cl)CC2=O)cc1Cl. The van der Waals surface area contributed by atoms with Crippen molar-refractivity contribution >= 4 is 54.5 Å². The van der Waals surface area contributed by atoms with E-state index in [2.05, 4.69) is 0 Å². The topological polar surface area (TPSA) is 54.5 Å². The Labute approximate surface area is 132 Å². The summed E-state index contributed by atoms with van der Waals surface area (Å²) in [5.74, 6) is -0.695. The van der Waals surface area contributed by atoms with Crippen molar-refractivity contribution in [1.29, 1.82) is 0 Å². The van der Waals surface area contributed by atoms with Gasteiger partial charge in [0.25, 0.3) is 0 Å². The lowest BCUT2D eigenvalue weighted by Crippen LogP contribution is -2.25. The predicted octanol–water partition coefficient (Wildman–Crippen LogP) is 3.22. The molecule has 0 N–H and O–H groups in total. The molecule has 0 spiro atoms. The second kappa shape index (κ2) is 5.72. The van der Waals surface area contributed by atoms with Gasteiger partial charge in [0.05, 0.1) is 5.75 Å². The maximum absolute atomic E-state index is 12.0. The lowest BCUT2D eigenvalue weighted by Gasteiger charge is -2.18. The van der Waals surface area contributed by atoms with Crippen molar-refractivity contribution in [1.82, 2.24) is 0 Å². The fraction of sp³-hybridized carbons (Fsp3) is 0.417. The van der Waals surface area contributed by atoms with Crippen LogP contribution in [0.1, 0.15) is 12.0 Å². The van der Waals surface area contributed by atoms with E-state index in [9.17, 15) is 13.2 Å². The minimum absolute atomic E-state index is 0.148. The van der Waals surface area contributed by atoms with Crippen molar-refractivity contribution in [2.75, 3.05) is 17.2 Å². The van der Waals surface area contributed by atoms with Crippen molar-refractivity contribution in [2.24, 2.45) is 5.92 Å². The normalized spacial score (nSPS) is 19.7. The van der Waals surface area contributed by atoms with Crippen molar-refractivity contribution in [2.45, 2.75) is 13.3 Å². The van der Waals surface area contributed by atoms with Crippen LogP contribution in [0.3, 0.4) is 0 Å². The molecule has 20 heavy (non-hydrogen) atoms. The summed E-state index contributed by atoms with van der Waals surface area (Å²) in [7, 11) is 1.61.